The molecule has 1 aromatic heterocycles. The third-order valence-electron chi connectivity index (χ3n) is 3.46. The first-order valence-corrected chi connectivity index (χ1v) is 7.93. The van der Waals surface area contributed by atoms with Crippen molar-refractivity contribution in [2.24, 2.45) is 0 Å². The number of aromatic amines is 1. The van der Waals surface area contributed by atoms with E-state index in [-0.39, 0.29) is 17.1 Å². The van der Waals surface area contributed by atoms with Crippen LogP contribution in [0, 0.1) is 27.2 Å². The normalized spacial score (nSPS) is 10.9. The third kappa shape index (κ3) is 3.20. The van der Waals surface area contributed by atoms with Gasteiger partial charge in [0, 0.05) is 17.4 Å². The Balaban J connectivity index is 1.84. The molecule has 0 radical (unpaired) electrons. The Morgan fingerprint density at radius 1 is 1.12 bits per heavy atom. The zero-order valence-corrected chi connectivity index (χ0v) is 13.4. The maximum Gasteiger partial charge on any atom is 0.280 e. The van der Waals surface area contributed by atoms with Gasteiger partial charge in [-0.2, -0.15) is 0 Å². The highest BCUT2D eigenvalue weighted by Crippen LogP contribution is 2.30. The summed E-state index contributed by atoms with van der Waals surface area (Å²) in [6.07, 6.45) is 0. The highest BCUT2D eigenvalue weighted by atomic mass is 32.2. The zero-order chi connectivity index (χ0) is 17.3. The van der Waals surface area contributed by atoms with E-state index in [1.165, 1.54) is 23.9 Å². The topological polar surface area (TPSA) is 115 Å². The minimum atomic E-state index is -0.647. The first-order chi connectivity index (χ1) is 11.4. The Morgan fingerprint density at radius 2 is 1.92 bits per heavy atom. The van der Waals surface area contributed by atoms with E-state index in [2.05, 4.69) is 9.97 Å². The molecule has 1 heterocycles. The predicted octanol–water partition coefficient (Wildman–Crippen LogP) is 3.98. The van der Waals surface area contributed by atoms with E-state index in [0.29, 0.717) is 10.7 Å². The molecule has 0 bridgehead atoms. The number of nitro benzene ring substituents is 2. The van der Waals surface area contributed by atoms with Gasteiger partial charge in [0.2, 0.25) is 0 Å². The van der Waals surface area contributed by atoms with Crippen LogP contribution < -0.4 is 0 Å². The number of non-ortho nitro benzene ring substituents is 1. The molecule has 122 valence electrons. The molecule has 24 heavy (non-hydrogen) atoms. The lowest BCUT2D eigenvalue weighted by Crippen LogP contribution is -1.97. The van der Waals surface area contributed by atoms with Gasteiger partial charge < -0.3 is 4.98 Å². The summed E-state index contributed by atoms with van der Waals surface area (Å²) in [5.74, 6) is 0.285. The summed E-state index contributed by atoms with van der Waals surface area (Å²) in [6, 6.07) is 9.50. The number of nitro groups is 2. The molecule has 0 spiro atoms. The number of benzene rings is 2. The number of thioether (sulfide) groups is 1. The van der Waals surface area contributed by atoms with Gasteiger partial charge in [-0.05, 0) is 30.7 Å². The van der Waals surface area contributed by atoms with Crippen LogP contribution in [0.15, 0.2) is 41.6 Å². The van der Waals surface area contributed by atoms with Crippen molar-refractivity contribution < 1.29 is 9.85 Å². The minimum Gasteiger partial charge on any atom is -0.333 e. The van der Waals surface area contributed by atoms with Gasteiger partial charge in [0.15, 0.2) is 5.16 Å². The number of imidazole rings is 1. The van der Waals surface area contributed by atoms with Crippen LogP contribution in [0.1, 0.15) is 11.1 Å². The molecule has 0 unspecified atom stereocenters. The molecule has 0 aliphatic carbocycles. The number of rotatable bonds is 5. The van der Waals surface area contributed by atoms with E-state index < -0.39 is 9.85 Å². The number of hydrogen-bond donors (Lipinski definition) is 1. The van der Waals surface area contributed by atoms with Crippen molar-refractivity contribution in [2.45, 2.75) is 17.8 Å². The highest BCUT2D eigenvalue weighted by molar-refractivity contribution is 7.98. The minimum absolute atomic E-state index is 0.261. The van der Waals surface area contributed by atoms with Crippen molar-refractivity contribution >= 4 is 34.2 Å². The Morgan fingerprint density at radius 3 is 2.62 bits per heavy atom. The molecule has 0 amide bonds. The van der Waals surface area contributed by atoms with E-state index >= 15 is 0 Å². The fourth-order valence-corrected chi connectivity index (χ4v) is 3.15. The van der Waals surface area contributed by atoms with Crippen LogP contribution in [0.25, 0.3) is 11.0 Å². The Hall–Kier alpha value is -2.94. The molecule has 0 atom stereocenters. The van der Waals surface area contributed by atoms with Crippen LogP contribution in [0.4, 0.5) is 11.4 Å². The summed E-state index contributed by atoms with van der Waals surface area (Å²) in [5.41, 5.74) is 2.68. The zero-order valence-electron chi connectivity index (χ0n) is 12.6. The number of nitrogens with one attached hydrogen (secondary N) is 1. The molecular formula is C15H12N4O4S. The molecule has 0 saturated carbocycles. The average Bonchev–Trinajstić information content (AvgIpc) is 2.94. The first kappa shape index (κ1) is 15.9. The van der Waals surface area contributed by atoms with Crippen molar-refractivity contribution in [3.05, 3.63) is 67.8 Å². The van der Waals surface area contributed by atoms with Gasteiger partial charge in [0.1, 0.15) is 0 Å². The van der Waals surface area contributed by atoms with Gasteiger partial charge in [-0.15, -0.1) is 0 Å². The van der Waals surface area contributed by atoms with E-state index in [1.54, 1.807) is 0 Å². The maximum atomic E-state index is 11.1. The van der Waals surface area contributed by atoms with Gasteiger partial charge in [-0.3, -0.25) is 20.2 Å². The van der Waals surface area contributed by atoms with E-state index in [0.717, 1.165) is 22.7 Å². The Bertz CT molecular complexity index is 954. The average molecular weight is 344 g/mol. The molecule has 1 N–H and O–H groups in total. The van der Waals surface area contributed by atoms with Crippen LogP contribution in [0.3, 0.4) is 0 Å². The second-order valence-electron chi connectivity index (χ2n) is 5.18. The molecule has 0 fully saturated rings. The molecule has 0 saturated heterocycles. The van der Waals surface area contributed by atoms with Gasteiger partial charge in [-0.1, -0.05) is 17.8 Å². The predicted molar refractivity (Wildman–Crippen MR) is 90.1 cm³/mol. The summed E-state index contributed by atoms with van der Waals surface area (Å²) in [5, 5.41) is 22.5. The molecule has 3 aromatic rings. The third-order valence-corrected chi connectivity index (χ3v) is 4.38. The summed E-state index contributed by atoms with van der Waals surface area (Å²) < 4.78 is 0. The molecule has 3 rings (SSSR count). The SMILES string of the molecule is Cc1ccc2nc(SCc3ccc([N+](=O)[O-])cc3[N+](=O)[O-])[nH]c2c1. The number of nitrogens with zero attached hydrogens (tertiary/aromatic N) is 3. The van der Waals surface area contributed by atoms with Gasteiger partial charge in [0.25, 0.3) is 11.4 Å². The molecular weight excluding hydrogens is 332 g/mol. The molecule has 9 heteroatoms. The largest absolute Gasteiger partial charge is 0.333 e. The summed E-state index contributed by atoms with van der Waals surface area (Å²) >= 11 is 1.31. The van der Waals surface area contributed by atoms with Crippen LogP contribution in [0.5, 0.6) is 0 Å². The fraction of sp³-hybridized carbons (Fsp3) is 0.133. The standard InChI is InChI=1S/C15H12N4O4S/c1-9-2-5-12-13(6-9)17-15(16-12)24-8-10-3-4-11(18(20)21)7-14(10)19(22)23/h2-7H,8H2,1H3,(H,16,17). The molecule has 0 aliphatic heterocycles. The van der Waals surface area contributed by atoms with Crippen LogP contribution in [-0.4, -0.2) is 19.8 Å². The van der Waals surface area contributed by atoms with Gasteiger partial charge >= 0.3 is 0 Å². The number of fused-ring (bicyclic) bond motifs is 1. The van der Waals surface area contributed by atoms with E-state index in [4.69, 9.17) is 0 Å². The molecule has 8 nitrogen and oxygen atoms in total. The number of H-pyrrole nitrogens is 1. The fourth-order valence-electron chi connectivity index (χ4n) is 2.27. The van der Waals surface area contributed by atoms with Crippen molar-refractivity contribution in [1.29, 1.82) is 0 Å². The lowest BCUT2D eigenvalue weighted by atomic mass is 10.2. The monoisotopic (exact) mass is 344 g/mol. The highest BCUT2D eigenvalue weighted by Gasteiger charge is 2.19. The number of aryl methyl sites for hydroxylation is 1. The van der Waals surface area contributed by atoms with Crippen molar-refractivity contribution in [3.8, 4) is 0 Å². The number of hydrogen-bond acceptors (Lipinski definition) is 6. The summed E-state index contributed by atoms with van der Waals surface area (Å²) in [6.45, 7) is 1.98. The quantitative estimate of drug-likeness (QED) is 0.425. The lowest BCUT2D eigenvalue weighted by Gasteiger charge is -2.01. The van der Waals surface area contributed by atoms with Crippen LogP contribution in [0.2, 0.25) is 0 Å². The van der Waals surface area contributed by atoms with Crippen LogP contribution >= 0.6 is 11.8 Å². The van der Waals surface area contributed by atoms with Crippen molar-refractivity contribution in [2.75, 3.05) is 0 Å². The van der Waals surface area contributed by atoms with E-state index in [1.807, 2.05) is 25.1 Å². The maximum absolute atomic E-state index is 11.1. The molecule has 2 aromatic carbocycles. The number of aromatic nitrogens is 2. The Kier molecular flexibility index (Phi) is 4.17. The van der Waals surface area contributed by atoms with Crippen LogP contribution in [-0.2, 0) is 5.75 Å². The van der Waals surface area contributed by atoms with Gasteiger partial charge in [0.05, 0.1) is 26.9 Å². The lowest BCUT2D eigenvalue weighted by molar-refractivity contribution is -0.394. The Labute approximate surface area is 140 Å². The van der Waals surface area contributed by atoms with Gasteiger partial charge in [-0.25, -0.2) is 4.98 Å². The van der Waals surface area contributed by atoms with Crippen molar-refractivity contribution in [1.82, 2.24) is 9.97 Å². The summed E-state index contributed by atoms with van der Waals surface area (Å²) in [4.78, 5) is 28.2. The second-order valence-corrected chi connectivity index (χ2v) is 6.14. The summed E-state index contributed by atoms with van der Waals surface area (Å²) in [7, 11) is 0. The second kappa shape index (κ2) is 6.28. The smallest absolute Gasteiger partial charge is 0.280 e. The van der Waals surface area contributed by atoms with E-state index in [9.17, 15) is 20.2 Å². The van der Waals surface area contributed by atoms with Crippen molar-refractivity contribution in [3.63, 3.8) is 0 Å². The molecule has 0 aliphatic rings. The first-order valence-electron chi connectivity index (χ1n) is 6.95.